The molecule has 7 nitrogen and oxygen atoms in total. The molecule has 0 N–H and O–H groups in total. The van der Waals surface area contributed by atoms with Crippen LogP contribution in [0.4, 0.5) is 13.6 Å². The molecular weight excluding hydrogens is 536 g/mol. The number of ether oxygens (including phenoxy) is 1. The van der Waals surface area contributed by atoms with Gasteiger partial charge >= 0.3 is 6.09 Å². The third-order valence-electron chi connectivity index (χ3n) is 8.06. The first-order valence-corrected chi connectivity index (χ1v) is 15.2. The molecule has 1 aromatic carbocycles. The Morgan fingerprint density at radius 2 is 1.74 bits per heavy atom. The van der Waals surface area contributed by atoms with Crippen molar-refractivity contribution in [1.82, 2.24) is 14.1 Å². The van der Waals surface area contributed by atoms with Crippen LogP contribution in [0.25, 0.3) is 0 Å². The van der Waals surface area contributed by atoms with Crippen LogP contribution < -0.4 is 0 Å². The number of hydrogen-bond donors (Lipinski definition) is 0. The van der Waals surface area contributed by atoms with Gasteiger partial charge in [0.15, 0.2) is 0 Å². The summed E-state index contributed by atoms with van der Waals surface area (Å²) in [6.45, 7) is 3.88. The summed E-state index contributed by atoms with van der Waals surface area (Å²) in [5.74, 6) is -1.10. The van der Waals surface area contributed by atoms with Crippen molar-refractivity contribution in [2.24, 2.45) is 17.8 Å². The molecule has 1 amide bonds. The lowest BCUT2D eigenvalue weighted by molar-refractivity contribution is 0.0486. The van der Waals surface area contributed by atoms with Gasteiger partial charge in [-0.2, -0.15) is 4.31 Å². The minimum Gasteiger partial charge on any atom is -0.448 e. The van der Waals surface area contributed by atoms with E-state index in [2.05, 4.69) is 4.90 Å². The normalized spacial score (nSPS) is 27.6. The van der Waals surface area contributed by atoms with Gasteiger partial charge in [-0.1, -0.05) is 11.6 Å². The quantitative estimate of drug-likeness (QED) is 0.462. The highest BCUT2D eigenvalue weighted by Gasteiger charge is 2.41. The van der Waals surface area contributed by atoms with Gasteiger partial charge in [-0.25, -0.2) is 22.0 Å². The summed E-state index contributed by atoms with van der Waals surface area (Å²) >= 11 is 5.97. The fourth-order valence-corrected chi connectivity index (χ4v) is 7.48. The third-order valence-corrected chi connectivity index (χ3v) is 10.2. The lowest BCUT2D eigenvalue weighted by Crippen LogP contribution is -2.52. The smallest absolute Gasteiger partial charge is 0.409 e. The number of hydrogen-bond acceptors (Lipinski definition) is 5. The highest BCUT2D eigenvalue weighted by atomic mass is 35.5. The van der Waals surface area contributed by atoms with Gasteiger partial charge < -0.3 is 9.64 Å². The fourth-order valence-electron chi connectivity index (χ4n) is 5.66. The maximum absolute atomic E-state index is 14.0. The second-order valence-corrected chi connectivity index (χ2v) is 13.2. The first-order valence-electron chi connectivity index (χ1n) is 13.3. The van der Waals surface area contributed by atoms with Crippen LogP contribution in [0.15, 0.2) is 53.0 Å². The van der Waals surface area contributed by atoms with Crippen LogP contribution in [0.2, 0.25) is 5.02 Å². The average Bonchev–Trinajstić information content (AvgIpc) is 3.71. The molecule has 3 atom stereocenters. The molecule has 208 valence electrons. The molecule has 0 aromatic heterocycles. The van der Waals surface area contributed by atoms with Gasteiger partial charge in [0.1, 0.15) is 18.3 Å². The van der Waals surface area contributed by atoms with Crippen LogP contribution in [-0.4, -0.2) is 80.5 Å². The number of carbonyl (C=O) groups is 1. The lowest BCUT2D eigenvalue weighted by Gasteiger charge is -2.41. The van der Waals surface area contributed by atoms with Crippen LogP contribution in [0.3, 0.4) is 0 Å². The van der Waals surface area contributed by atoms with E-state index in [0.717, 1.165) is 31.6 Å². The number of benzene rings is 1. The standard InChI is InChI=1S/C27H34ClF2N3O4S/c28-22-4-7-26(8-5-22)38(35,36)33-17-20(21-13-23(29)15-24(30)14-21)3-6-25(33)18-37-27(34)32-11-9-31(10-12-32)16-19-1-2-19/h4-5,7-8,13,15,19-21,25H,1-3,6,9-12,14,16-18H2/t20?,21-,25-/m1/s1. The summed E-state index contributed by atoms with van der Waals surface area (Å²) in [4.78, 5) is 17.0. The summed E-state index contributed by atoms with van der Waals surface area (Å²) in [5.41, 5.74) is 0. The molecule has 0 radical (unpaired) electrons. The SMILES string of the molecule is O=C(OC[C@H]1CCC([C@@H]2C=C(F)C=C(F)C2)CN1S(=O)(=O)c1ccc(Cl)cc1)N1CCN(CC2CC2)CC1. The van der Waals surface area contributed by atoms with Crippen LogP contribution in [0, 0.1) is 17.8 Å². The molecule has 2 aliphatic heterocycles. The molecule has 3 fully saturated rings. The molecule has 2 heterocycles. The van der Waals surface area contributed by atoms with E-state index in [1.807, 2.05) is 0 Å². The van der Waals surface area contributed by atoms with Gasteiger partial charge in [-0.05, 0) is 73.8 Å². The van der Waals surface area contributed by atoms with Crippen LogP contribution in [-0.2, 0) is 14.8 Å². The van der Waals surface area contributed by atoms with Crippen LogP contribution in [0.1, 0.15) is 32.1 Å². The molecule has 2 aliphatic carbocycles. The number of rotatable bonds is 7. The zero-order chi connectivity index (χ0) is 26.9. The summed E-state index contributed by atoms with van der Waals surface area (Å²) < 4.78 is 62.3. The van der Waals surface area contributed by atoms with E-state index in [1.165, 1.54) is 47.5 Å². The van der Waals surface area contributed by atoms with Crippen molar-refractivity contribution in [1.29, 1.82) is 0 Å². The Bertz CT molecular complexity index is 1180. The van der Waals surface area contributed by atoms with Crippen LogP contribution in [0.5, 0.6) is 0 Å². The van der Waals surface area contributed by atoms with Crippen molar-refractivity contribution < 1.29 is 26.7 Å². The van der Waals surface area contributed by atoms with Crippen molar-refractivity contribution in [2.45, 2.75) is 43.0 Å². The molecule has 11 heteroatoms. The maximum Gasteiger partial charge on any atom is 0.409 e. The van der Waals surface area contributed by atoms with Gasteiger partial charge in [-0.3, -0.25) is 4.90 Å². The Kier molecular flexibility index (Phi) is 8.42. The molecule has 38 heavy (non-hydrogen) atoms. The number of allylic oxidation sites excluding steroid dienone is 4. The van der Waals surface area contributed by atoms with Gasteiger partial charge in [0.2, 0.25) is 10.0 Å². The molecule has 4 aliphatic rings. The van der Waals surface area contributed by atoms with E-state index in [1.54, 1.807) is 4.90 Å². The number of piperazine rings is 1. The van der Waals surface area contributed by atoms with E-state index >= 15 is 0 Å². The van der Waals surface area contributed by atoms with E-state index in [9.17, 15) is 22.0 Å². The monoisotopic (exact) mass is 569 g/mol. The second-order valence-electron chi connectivity index (χ2n) is 10.8. The lowest BCUT2D eigenvalue weighted by atomic mass is 9.80. The number of piperidine rings is 1. The molecule has 0 bridgehead atoms. The number of carbonyl (C=O) groups excluding carboxylic acids is 1. The topological polar surface area (TPSA) is 70.2 Å². The highest BCUT2D eigenvalue weighted by Crippen LogP contribution is 2.38. The molecule has 5 rings (SSSR count). The van der Waals surface area contributed by atoms with E-state index in [4.69, 9.17) is 16.3 Å². The van der Waals surface area contributed by atoms with E-state index in [0.29, 0.717) is 31.0 Å². The number of amides is 1. The Balaban J connectivity index is 1.26. The minimum absolute atomic E-state index is 0.0410. The van der Waals surface area contributed by atoms with Crippen molar-refractivity contribution in [3.05, 3.63) is 53.1 Å². The Morgan fingerprint density at radius 3 is 2.39 bits per heavy atom. The molecule has 1 aromatic rings. The number of sulfonamides is 1. The average molecular weight is 570 g/mol. The Morgan fingerprint density at radius 1 is 1.03 bits per heavy atom. The van der Waals surface area contributed by atoms with Gasteiger partial charge in [0, 0.05) is 56.8 Å². The summed E-state index contributed by atoms with van der Waals surface area (Å²) in [6.07, 6.45) is 5.41. The first-order chi connectivity index (χ1) is 18.2. The van der Waals surface area contributed by atoms with Gasteiger partial charge in [-0.15, -0.1) is 0 Å². The Labute approximate surface area is 228 Å². The summed E-state index contributed by atoms with van der Waals surface area (Å²) in [7, 11) is -3.97. The summed E-state index contributed by atoms with van der Waals surface area (Å²) in [5, 5.41) is 0.410. The predicted octanol–water partition coefficient (Wildman–Crippen LogP) is 5.00. The maximum atomic E-state index is 14.0. The highest BCUT2D eigenvalue weighted by molar-refractivity contribution is 7.89. The van der Waals surface area contributed by atoms with Crippen LogP contribution >= 0.6 is 11.6 Å². The largest absolute Gasteiger partial charge is 0.448 e. The Hall–Kier alpha value is -2.01. The van der Waals surface area contributed by atoms with Crippen molar-refractivity contribution in [3.8, 4) is 0 Å². The number of halogens is 3. The second kappa shape index (κ2) is 11.6. The van der Waals surface area contributed by atoms with Crippen molar-refractivity contribution >= 4 is 27.7 Å². The van der Waals surface area contributed by atoms with Crippen molar-refractivity contribution in [2.75, 3.05) is 45.9 Å². The zero-order valence-electron chi connectivity index (χ0n) is 21.3. The minimum atomic E-state index is -3.97. The van der Waals surface area contributed by atoms with E-state index in [-0.39, 0.29) is 30.4 Å². The third kappa shape index (κ3) is 6.58. The summed E-state index contributed by atoms with van der Waals surface area (Å²) in [6, 6.07) is 5.31. The molecule has 0 spiro atoms. The molecule has 1 unspecified atom stereocenters. The molecular formula is C27H34ClF2N3O4S. The van der Waals surface area contributed by atoms with E-state index < -0.39 is 39.7 Å². The van der Waals surface area contributed by atoms with Crippen molar-refractivity contribution in [3.63, 3.8) is 0 Å². The zero-order valence-corrected chi connectivity index (χ0v) is 22.8. The number of nitrogens with zero attached hydrogens (tertiary/aromatic N) is 3. The molecule has 1 saturated carbocycles. The van der Waals surface area contributed by atoms with Gasteiger partial charge in [0.05, 0.1) is 10.9 Å². The fraction of sp³-hybridized carbons (Fsp3) is 0.593. The van der Waals surface area contributed by atoms with Gasteiger partial charge in [0.25, 0.3) is 0 Å². The molecule has 2 saturated heterocycles. The first kappa shape index (κ1) is 27.6. The predicted molar refractivity (Wildman–Crippen MR) is 140 cm³/mol.